The van der Waals surface area contributed by atoms with Crippen LogP contribution in [0, 0.1) is 6.92 Å². The lowest BCUT2D eigenvalue weighted by molar-refractivity contribution is -0.159. The van der Waals surface area contributed by atoms with Crippen molar-refractivity contribution in [2.24, 2.45) is 0 Å². The number of rotatable bonds is 12. The third-order valence-electron chi connectivity index (χ3n) is 6.85. The van der Waals surface area contributed by atoms with E-state index in [1.807, 2.05) is 0 Å². The van der Waals surface area contributed by atoms with E-state index in [0.29, 0.717) is 33.8 Å². The molecule has 9 nitrogen and oxygen atoms in total. The second-order valence-electron chi connectivity index (χ2n) is 9.30. The fourth-order valence-corrected chi connectivity index (χ4v) is 4.67. The van der Waals surface area contributed by atoms with E-state index in [4.69, 9.17) is 14.2 Å². The molecule has 0 saturated carbocycles. The number of carboxylic acids is 1. The summed E-state index contributed by atoms with van der Waals surface area (Å²) in [6.07, 6.45) is 1.24. The van der Waals surface area contributed by atoms with Gasteiger partial charge in [-0.15, -0.1) is 0 Å². The molecule has 0 radical (unpaired) electrons. The lowest BCUT2D eigenvalue weighted by atomic mass is 9.69. The number of amides is 1. The van der Waals surface area contributed by atoms with Crippen molar-refractivity contribution in [3.05, 3.63) is 101 Å². The molecule has 0 bridgehead atoms. The first-order valence-electron chi connectivity index (χ1n) is 13.0. The van der Waals surface area contributed by atoms with Crippen molar-refractivity contribution in [3.8, 4) is 11.5 Å². The van der Waals surface area contributed by atoms with Gasteiger partial charge in [-0.25, -0.2) is 9.59 Å². The van der Waals surface area contributed by atoms with Crippen molar-refractivity contribution >= 4 is 29.9 Å². The Morgan fingerprint density at radius 3 is 2.10 bits per heavy atom. The largest absolute Gasteiger partial charge is 0.497 e. The minimum absolute atomic E-state index is 0.0838. The SMILES string of the molecule is CCC(CC(=O)OC(=O)CNC(=O)c1ccccc1)(C(=Cc1c(C)cc(OC)cc1OC)C(=O)O)c1ccccc1. The van der Waals surface area contributed by atoms with Crippen molar-refractivity contribution in [3.63, 3.8) is 0 Å². The van der Waals surface area contributed by atoms with Gasteiger partial charge in [-0.1, -0.05) is 55.5 Å². The van der Waals surface area contributed by atoms with Gasteiger partial charge in [-0.3, -0.25) is 9.59 Å². The zero-order valence-electron chi connectivity index (χ0n) is 23.4. The van der Waals surface area contributed by atoms with Gasteiger partial charge in [0.1, 0.15) is 18.0 Å². The van der Waals surface area contributed by atoms with Crippen LogP contribution in [0.1, 0.15) is 46.8 Å². The maximum absolute atomic E-state index is 13.2. The van der Waals surface area contributed by atoms with Crippen molar-refractivity contribution in [2.45, 2.75) is 32.1 Å². The number of hydrogen-bond donors (Lipinski definition) is 2. The van der Waals surface area contributed by atoms with E-state index < -0.39 is 42.2 Å². The van der Waals surface area contributed by atoms with Crippen LogP contribution in [0.5, 0.6) is 11.5 Å². The van der Waals surface area contributed by atoms with E-state index in [-0.39, 0.29) is 12.0 Å². The molecule has 1 atom stereocenters. The number of carbonyl (C=O) groups excluding carboxylic acids is 3. The summed E-state index contributed by atoms with van der Waals surface area (Å²) in [5.41, 5.74) is 0.663. The maximum atomic E-state index is 13.2. The molecule has 3 rings (SSSR count). The van der Waals surface area contributed by atoms with Gasteiger partial charge in [-0.05, 0) is 48.7 Å². The van der Waals surface area contributed by atoms with E-state index in [0.717, 1.165) is 0 Å². The normalized spacial score (nSPS) is 12.5. The van der Waals surface area contributed by atoms with Crippen molar-refractivity contribution < 1.29 is 38.5 Å². The fraction of sp³-hybridized carbons (Fsp3) is 0.250. The summed E-state index contributed by atoms with van der Waals surface area (Å²) >= 11 is 0. The first-order valence-corrected chi connectivity index (χ1v) is 13.0. The maximum Gasteiger partial charge on any atom is 0.333 e. The second-order valence-corrected chi connectivity index (χ2v) is 9.30. The monoisotopic (exact) mass is 559 g/mol. The van der Waals surface area contributed by atoms with E-state index in [9.17, 15) is 24.3 Å². The molecule has 214 valence electrons. The van der Waals surface area contributed by atoms with Crippen LogP contribution in [-0.2, 0) is 24.5 Å². The van der Waals surface area contributed by atoms with Gasteiger partial charge >= 0.3 is 17.9 Å². The molecule has 0 aliphatic rings. The number of nitrogens with one attached hydrogen (secondary N) is 1. The van der Waals surface area contributed by atoms with E-state index >= 15 is 0 Å². The first-order chi connectivity index (χ1) is 19.6. The number of esters is 2. The molecule has 0 fully saturated rings. The Bertz CT molecular complexity index is 1430. The Hall–Kier alpha value is -4.92. The first kappa shape index (κ1) is 30.6. The van der Waals surface area contributed by atoms with Crippen LogP contribution < -0.4 is 14.8 Å². The number of carbonyl (C=O) groups is 4. The van der Waals surface area contributed by atoms with Crippen LogP contribution in [-0.4, -0.2) is 49.7 Å². The van der Waals surface area contributed by atoms with Crippen LogP contribution in [0.25, 0.3) is 6.08 Å². The van der Waals surface area contributed by atoms with Crippen LogP contribution in [0.4, 0.5) is 0 Å². The van der Waals surface area contributed by atoms with Crippen molar-refractivity contribution in [2.75, 3.05) is 20.8 Å². The average molecular weight is 560 g/mol. The standard InChI is InChI=1S/C32H33NO8/c1-5-32(23-14-10-7-11-15-23,19-28(34)41-29(35)20-33-30(36)22-12-8-6-9-13-22)26(31(37)38)18-25-21(2)16-24(39-3)17-27(25)40-4/h6-18H,5,19-20H2,1-4H3,(H,33,36)(H,37,38). The number of aliphatic carboxylic acids is 1. The van der Waals surface area contributed by atoms with E-state index in [1.165, 1.54) is 20.3 Å². The number of benzene rings is 3. The number of carboxylic acid groups (broad SMARTS) is 1. The average Bonchev–Trinajstić information content (AvgIpc) is 2.98. The summed E-state index contributed by atoms with van der Waals surface area (Å²) in [4.78, 5) is 50.7. The van der Waals surface area contributed by atoms with Gasteiger partial charge < -0.3 is 24.6 Å². The summed E-state index contributed by atoms with van der Waals surface area (Å²) < 4.78 is 15.9. The van der Waals surface area contributed by atoms with Gasteiger partial charge in [0.15, 0.2) is 0 Å². The fourth-order valence-electron chi connectivity index (χ4n) is 4.67. The lowest BCUT2D eigenvalue weighted by Gasteiger charge is -2.33. The number of hydrogen-bond acceptors (Lipinski definition) is 7. The van der Waals surface area contributed by atoms with Crippen LogP contribution in [0.15, 0.2) is 78.4 Å². The van der Waals surface area contributed by atoms with Gasteiger partial charge in [-0.2, -0.15) is 0 Å². The highest BCUT2D eigenvalue weighted by Crippen LogP contribution is 2.42. The summed E-state index contributed by atoms with van der Waals surface area (Å²) in [6.45, 7) is 3.02. The Balaban J connectivity index is 1.96. The van der Waals surface area contributed by atoms with Crippen LogP contribution in [0.3, 0.4) is 0 Å². The molecule has 3 aromatic rings. The highest BCUT2D eigenvalue weighted by Gasteiger charge is 2.41. The van der Waals surface area contributed by atoms with Crippen molar-refractivity contribution in [1.29, 1.82) is 0 Å². The molecule has 0 saturated heterocycles. The van der Waals surface area contributed by atoms with E-state index in [1.54, 1.807) is 86.6 Å². The number of methoxy groups -OCH3 is 2. The Morgan fingerprint density at radius 2 is 1.54 bits per heavy atom. The highest BCUT2D eigenvalue weighted by molar-refractivity contribution is 5.99. The zero-order chi connectivity index (χ0) is 30.0. The predicted octanol–water partition coefficient (Wildman–Crippen LogP) is 4.72. The predicted molar refractivity (Wildman–Crippen MR) is 153 cm³/mol. The topological polar surface area (TPSA) is 128 Å². The molecule has 0 aromatic heterocycles. The Labute approximate surface area is 238 Å². The van der Waals surface area contributed by atoms with Gasteiger partial charge in [0.25, 0.3) is 5.91 Å². The third kappa shape index (κ3) is 7.39. The van der Waals surface area contributed by atoms with Gasteiger partial charge in [0, 0.05) is 28.2 Å². The summed E-state index contributed by atoms with van der Waals surface area (Å²) in [5, 5.41) is 12.9. The molecule has 0 aliphatic carbocycles. The van der Waals surface area contributed by atoms with Crippen LogP contribution >= 0.6 is 0 Å². The molecular formula is C32H33NO8. The quantitative estimate of drug-likeness (QED) is 0.185. The van der Waals surface area contributed by atoms with Gasteiger partial charge in [0.05, 0.1) is 20.6 Å². The zero-order valence-corrected chi connectivity index (χ0v) is 23.4. The summed E-state index contributed by atoms with van der Waals surface area (Å²) in [6, 6.07) is 20.4. The van der Waals surface area contributed by atoms with Gasteiger partial charge in [0.2, 0.25) is 0 Å². The summed E-state index contributed by atoms with van der Waals surface area (Å²) in [5.74, 6) is -2.71. The molecule has 0 aliphatic heterocycles. The minimum atomic E-state index is -1.37. The number of ether oxygens (including phenoxy) is 3. The van der Waals surface area contributed by atoms with E-state index in [2.05, 4.69) is 5.32 Å². The molecule has 9 heteroatoms. The molecule has 1 unspecified atom stereocenters. The summed E-state index contributed by atoms with van der Waals surface area (Å²) in [7, 11) is 2.99. The Morgan fingerprint density at radius 1 is 0.902 bits per heavy atom. The third-order valence-corrected chi connectivity index (χ3v) is 6.85. The van der Waals surface area contributed by atoms with Crippen molar-refractivity contribution in [1.82, 2.24) is 5.32 Å². The molecular weight excluding hydrogens is 526 g/mol. The molecule has 3 aromatic carbocycles. The Kier molecular flexibility index (Phi) is 10.4. The second kappa shape index (κ2) is 13.9. The lowest BCUT2D eigenvalue weighted by Crippen LogP contribution is -2.37. The smallest absolute Gasteiger partial charge is 0.333 e. The molecule has 1 amide bonds. The molecule has 0 spiro atoms. The molecule has 2 N–H and O–H groups in total. The van der Waals surface area contributed by atoms with Crippen LogP contribution in [0.2, 0.25) is 0 Å². The highest BCUT2D eigenvalue weighted by atomic mass is 16.6. The minimum Gasteiger partial charge on any atom is -0.497 e. The number of aryl methyl sites for hydroxylation is 1. The molecule has 0 heterocycles. The molecule has 41 heavy (non-hydrogen) atoms.